The van der Waals surface area contributed by atoms with Crippen LogP contribution in [0.25, 0.3) is 10.8 Å². The lowest BCUT2D eigenvalue weighted by Crippen LogP contribution is -2.23. The SMILES string of the molecule is Nc1cccc2c(S(=O)(=O)NCc3ccc(Cl)c(Cl)c3)cccc12. The predicted octanol–water partition coefficient (Wildman–Crippen LogP) is 4.21. The molecule has 124 valence electrons. The summed E-state index contributed by atoms with van der Waals surface area (Å²) in [5.74, 6) is 0. The number of nitrogens with one attached hydrogen (secondary N) is 1. The Kier molecular flexibility index (Phi) is 4.69. The fourth-order valence-electron chi connectivity index (χ4n) is 2.45. The van der Waals surface area contributed by atoms with Crippen LogP contribution in [-0.2, 0) is 16.6 Å². The summed E-state index contributed by atoms with van der Waals surface area (Å²) in [7, 11) is -3.71. The van der Waals surface area contributed by atoms with Gasteiger partial charge in [-0.3, -0.25) is 0 Å². The van der Waals surface area contributed by atoms with E-state index in [1.807, 2.05) is 0 Å². The Hall–Kier alpha value is -1.79. The number of sulfonamides is 1. The second-order valence-corrected chi connectivity index (χ2v) is 7.82. The zero-order valence-electron chi connectivity index (χ0n) is 12.5. The minimum absolute atomic E-state index is 0.109. The predicted molar refractivity (Wildman–Crippen MR) is 98.8 cm³/mol. The molecular formula is C17H14Cl2N2O2S. The number of anilines is 1. The number of fused-ring (bicyclic) bond motifs is 1. The van der Waals surface area contributed by atoms with Crippen molar-refractivity contribution in [1.29, 1.82) is 0 Å². The lowest BCUT2D eigenvalue weighted by Gasteiger charge is -2.11. The van der Waals surface area contributed by atoms with Crippen LogP contribution >= 0.6 is 23.2 Å². The summed E-state index contributed by atoms with van der Waals surface area (Å²) < 4.78 is 27.9. The van der Waals surface area contributed by atoms with Crippen LogP contribution in [0, 0.1) is 0 Å². The van der Waals surface area contributed by atoms with Crippen LogP contribution in [0.3, 0.4) is 0 Å². The second kappa shape index (κ2) is 6.61. The third kappa shape index (κ3) is 3.35. The van der Waals surface area contributed by atoms with Gasteiger partial charge >= 0.3 is 0 Å². The lowest BCUT2D eigenvalue weighted by atomic mass is 10.1. The highest BCUT2D eigenvalue weighted by Gasteiger charge is 2.17. The summed E-state index contributed by atoms with van der Waals surface area (Å²) >= 11 is 11.8. The molecule has 3 aromatic carbocycles. The van der Waals surface area contributed by atoms with Gasteiger partial charge < -0.3 is 5.73 Å². The molecule has 0 unspecified atom stereocenters. The maximum Gasteiger partial charge on any atom is 0.241 e. The molecule has 3 N–H and O–H groups in total. The summed E-state index contributed by atoms with van der Waals surface area (Å²) in [4.78, 5) is 0.187. The number of nitrogen functional groups attached to an aromatic ring is 1. The molecule has 0 bridgehead atoms. The van der Waals surface area contributed by atoms with E-state index in [2.05, 4.69) is 4.72 Å². The van der Waals surface area contributed by atoms with Crippen LogP contribution in [0.1, 0.15) is 5.56 Å². The standard InChI is InChI=1S/C17H14Cl2N2O2S/c18-14-8-7-11(9-15(14)19)10-21-24(22,23)17-6-2-3-12-13(17)4-1-5-16(12)20/h1-9,21H,10,20H2. The van der Waals surface area contributed by atoms with Gasteiger partial charge in [0.2, 0.25) is 10.0 Å². The highest BCUT2D eigenvalue weighted by atomic mass is 35.5. The fourth-order valence-corrected chi connectivity index (χ4v) is 4.00. The fraction of sp³-hybridized carbons (Fsp3) is 0.0588. The Labute approximate surface area is 150 Å². The molecule has 0 spiro atoms. The molecular weight excluding hydrogens is 367 g/mol. The van der Waals surface area contributed by atoms with E-state index in [1.165, 1.54) is 0 Å². The van der Waals surface area contributed by atoms with E-state index in [1.54, 1.807) is 54.6 Å². The normalized spacial score (nSPS) is 11.8. The summed E-state index contributed by atoms with van der Waals surface area (Å²) in [5.41, 5.74) is 7.17. The molecule has 3 aromatic rings. The van der Waals surface area contributed by atoms with Crippen molar-refractivity contribution in [1.82, 2.24) is 4.72 Å². The molecule has 0 radical (unpaired) electrons. The van der Waals surface area contributed by atoms with Crippen LogP contribution in [-0.4, -0.2) is 8.42 Å². The highest BCUT2D eigenvalue weighted by Crippen LogP contribution is 2.27. The quantitative estimate of drug-likeness (QED) is 0.665. The van der Waals surface area contributed by atoms with Gasteiger partial charge in [-0.2, -0.15) is 0 Å². The second-order valence-electron chi connectivity index (χ2n) is 5.27. The summed E-state index contributed by atoms with van der Waals surface area (Å²) in [6, 6.07) is 15.2. The first-order chi connectivity index (χ1) is 11.4. The number of hydrogen-bond donors (Lipinski definition) is 2. The van der Waals surface area contributed by atoms with E-state index < -0.39 is 10.0 Å². The van der Waals surface area contributed by atoms with Crippen LogP contribution < -0.4 is 10.5 Å². The average molecular weight is 381 g/mol. The van der Waals surface area contributed by atoms with Gasteiger partial charge in [0.1, 0.15) is 0 Å². The molecule has 0 heterocycles. The minimum atomic E-state index is -3.71. The van der Waals surface area contributed by atoms with Crippen LogP contribution in [0.5, 0.6) is 0 Å². The van der Waals surface area contributed by atoms with Crippen LogP contribution in [0.4, 0.5) is 5.69 Å². The molecule has 0 aliphatic heterocycles. The maximum absolute atomic E-state index is 12.7. The van der Waals surface area contributed by atoms with Crippen molar-refractivity contribution in [2.24, 2.45) is 0 Å². The molecule has 4 nitrogen and oxygen atoms in total. The van der Waals surface area contributed by atoms with E-state index in [0.717, 1.165) is 0 Å². The topological polar surface area (TPSA) is 72.2 Å². The molecule has 0 fully saturated rings. The van der Waals surface area contributed by atoms with Crippen molar-refractivity contribution in [3.63, 3.8) is 0 Å². The van der Waals surface area contributed by atoms with Crippen molar-refractivity contribution in [3.8, 4) is 0 Å². The zero-order valence-corrected chi connectivity index (χ0v) is 14.8. The number of rotatable bonds is 4. The third-order valence-corrected chi connectivity index (χ3v) is 5.85. The van der Waals surface area contributed by atoms with Gasteiger partial charge in [-0.25, -0.2) is 13.1 Å². The number of hydrogen-bond acceptors (Lipinski definition) is 3. The Bertz CT molecular complexity index is 1020. The van der Waals surface area contributed by atoms with E-state index in [0.29, 0.717) is 32.1 Å². The van der Waals surface area contributed by atoms with E-state index in [9.17, 15) is 8.42 Å². The third-order valence-electron chi connectivity index (χ3n) is 3.66. The van der Waals surface area contributed by atoms with E-state index >= 15 is 0 Å². The zero-order chi connectivity index (χ0) is 17.3. The molecule has 0 saturated carbocycles. The summed E-state index contributed by atoms with van der Waals surface area (Å²) in [6.07, 6.45) is 0. The van der Waals surface area contributed by atoms with Gasteiger partial charge in [0, 0.05) is 23.0 Å². The largest absolute Gasteiger partial charge is 0.398 e. The van der Waals surface area contributed by atoms with E-state index in [-0.39, 0.29) is 11.4 Å². The van der Waals surface area contributed by atoms with Gasteiger partial charge in [0.05, 0.1) is 14.9 Å². The summed E-state index contributed by atoms with van der Waals surface area (Å²) in [6.45, 7) is 0.109. The Morgan fingerprint density at radius 1 is 0.917 bits per heavy atom. The lowest BCUT2D eigenvalue weighted by molar-refractivity contribution is 0.582. The van der Waals surface area contributed by atoms with Crippen molar-refractivity contribution in [2.45, 2.75) is 11.4 Å². The Morgan fingerprint density at radius 3 is 2.38 bits per heavy atom. The Morgan fingerprint density at radius 2 is 1.62 bits per heavy atom. The van der Waals surface area contributed by atoms with Crippen molar-refractivity contribution in [2.75, 3.05) is 5.73 Å². The van der Waals surface area contributed by atoms with Crippen LogP contribution in [0.15, 0.2) is 59.5 Å². The molecule has 0 amide bonds. The molecule has 24 heavy (non-hydrogen) atoms. The molecule has 0 aliphatic rings. The summed E-state index contributed by atoms with van der Waals surface area (Å²) in [5, 5.41) is 2.09. The van der Waals surface area contributed by atoms with Crippen molar-refractivity contribution >= 4 is 49.7 Å². The van der Waals surface area contributed by atoms with Crippen molar-refractivity contribution in [3.05, 3.63) is 70.2 Å². The minimum Gasteiger partial charge on any atom is -0.398 e. The first kappa shape index (κ1) is 17.0. The van der Waals surface area contributed by atoms with Gasteiger partial charge in [0.25, 0.3) is 0 Å². The molecule has 0 aromatic heterocycles. The molecule has 0 saturated heterocycles. The van der Waals surface area contributed by atoms with Gasteiger partial charge in [-0.05, 0) is 29.8 Å². The number of benzene rings is 3. The highest BCUT2D eigenvalue weighted by molar-refractivity contribution is 7.89. The van der Waals surface area contributed by atoms with Gasteiger partial charge in [0.15, 0.2) is 0 Å². The maximum atomic E-state index is 12.7. The average Bonchev–Trinajstić information content (AvgIpc) is 2.56. The molecule has 7 heteroatoms. The van der Waals surface area contributed by atoms with Crippen molar-refractivity contribution < 1.29 is 8.42 Å². The molecule has 3 rings (SSSR count). The van der Waals surface area contributed by atoms with Gasteiger partial charge in [-0.1, -0.05) is 53.5 Å². The Balaban J connectivity index is 1.94. The van der Waals surface area contributed by atoms with E-state index in [4.69, 9.17) is 28.9 Å². The smallest absolute Gasteiger partial charge is 0.241 e. The first-order valence-corrected chi connectivity index (χ1v) is 9.33. The monoisotopic (exact) mass is 380 g/mol. The molecule has 0 aliphatic carbocycles. The van der Waals surface area contributed by atoms with Crippen LogP contribution in [0.2, 0.25) is 10.0 Å². The number of nitrogens with two attached hydrogens (primary N) is 1. The number of halogens is 2. The first-order valence-electron chi connectivity index (χ1n) is 7.09. The van der Waals surface area contributed by atoms with Gasteiger partial charge in [-0.15, -0.1) is 0 Å². The molecule has 0 atom stereocenters.